The Bertz CT molecular complexity index is 877. The normalized spacial score (nSPS) is 23.6. The van der Waals surface area contributed by atoms with Gasteiger partial charge in [0.05, 0.1) is 11.8 Å². The number of fused-ring (bicyclic) bond motifs is 4. The first kappa shape index (κ1) is 17.2. The molecule has 1 fully saturated rings. The summed E-state index contributed by atoms with van der Waals surface area (Å²) < 4.78 is 7.75. The second-order valence-corrected chi connectivity index (χ2v) is 8.43. The van der Waals surface area contributed by atoms with Gasteiger partial charge in [-0.15, -0.1) is 0 Å². The lowest BCUT2D eigenvalue weighted by Gasteiger charge is -2.51. The van der Waals surface area contributed by atoms with Crippen LogP contribution in [0.15, 0.2) is 52.3 Å². The molecule has 5 nitrogen and oxygen atoms in total. The van der Waals surface area contributed by atoms with Crippen LogP contribution in [0.4, 0.5) is 0 Å². The Balaban J connectivity index is 1.57. The first-order valence-corrected chi connectivity index (χ1v) is 10.5. The molecule has 6 heteroatoms. The van der Waals surface area contributed by atoms with Gasteiger partial charge in [0.15, 0.2) is 0 Å². The third kappa shape index (κ3) is 2.86. The van der Waals surface area contributed by atoms with Gasteiger partial charge in [-0.1, -0.05) is 22.9 Å². The molecule has 1 aromatic carbocycles. The standard InChI is InChI=1S/C21H23BrN4O/c1-2-25-11-7-21(8-12-25)26-19(17-13-16(22)3-4-20(17)27-21)14-18(24-26)15-5-9-23-10-6-15/h3-6,9-10,13,19H,2,7-8,11-12,14H2,1H3/t19-/m0/s1. The lowest BCUT2D eigenvalue weighted by Crippen LogP contribution is -2.59. The Hall–Kier alpha value is -1.92. The van der Waals surface area contributed by atoms with E-state index in [1.54, 1.807) is 0 Å². The van der Waals surface area contributed by atoms with Gasteiger partial charge in [0.25, 0.3) is 0 Å². The average Bonchev–Trinajstić information content (AvgIpc) is 3.17. The molecule has 0 saturated carbocycles. The van der Waals surface area contributed by atoms with Crippen LogP contribution in [0.2, 0.25) is 0 Å². The van der Waals surface area contributed by atoms with Crippen LogP contribution in [0.25, 0.3) is 0 Å². The maximum atomic E-state index is 6.67. The zero-order valence-corrected chi connectivity index (χ0v) is 17.0. The molecule has 1 atom stereocenters. The maximum Gasteiger partial charge on any atom is 0.200 e. The quantitative estimate of drug-likeness (QED) is 0.721. The van der Waals surface area contributed by atoms with Crippen molar-refractivity contribution >= 4 is 21.6 Å². The van der Waals surface area contributed by atoms with Crippen LogP contribution in [-0.2, 0) is 0 Å². The number of hydrogen-bond donors (Lipinski definition) is 0. The van der Waals surface area contributed by atoms with Crippen molar-refractivity contribution in [2.75, 3.05) is 19.6 Å². The van der Waals surface area contributed by atoms with Crippen molar-refractivity contribution in [3.05, 3.63) is 58.3 Å². The van der Waals surface area contributed by atoms with Gasteiger partial charge in [0.2, 0.25) is 5.72 Å². The second kappa shape index (κ2) is 6.60. The summed E-state index contributed by atoms with van der Waals surface area (Å²) in [5.74, 6) is 1.01. The minimum Gasteiger partial charge on any atom is -0.466 e. The second-order valence-electron chi connectivity index (χ2n) is 7.51. The number of ether oxygens (including phenoxy) is 1. The molecule has 27 heavy (non-hydrogen) atoms. The van der Waals surface area contributed by atoms with Gasteiger partial charge in [-0.25, -0.2) is 5.01 Å². The maximum absolute atomic E-state index is 6.67. The van der Waals surface area contributed by atoms with E-state index in [1.165, 1.54) is 5.56 Å². The number of hydrogen-bond acceptors (Lipinski definition) is 5. The summed E-state index contributed by atoms with van der Waals surface area (Å²) in [7, 11) is 0. The highest BCUT2D eigenvalue weighted by molar-refractivity contribution is 9.10. The Morgan fingerprint density at radius 3 is 2.70 bits per heavy atom. The average molecular weight is 427 g/mol. The summed E-state index contributed by atoms with van der Waals surface area (Å²) in [4.78, 5) is 6.64. The summed E-state index contributed by atoms with van der Waals surface area (Å²) in [5, 5.41) is 7.37. The summed E-state index contributed by atoms with van der Waals surface area (Å²) in [6.07, 6.45) is 6.52. The van der Waals surface area contributed by atoms with E-state index in [2.05, 4.69) is 55.9 Å². The van der Waals surface area contributed by atoms with E-state index in [-0.39, 0.29) is 11.8 Å². The van der Waals surface area contributed by atoms with Crippen LogP contribution in [0.1, 0.15) is 43.4 Å². The smallest absolute Gasteiger partial charge is 0.200 e. The van der Waals surface area contributed by atoms with Crippen LogP contribution in [-0.4, -0.2) is 46.0 Å². The van der Waals surface area contributed by atoms with Crippen molar-refractivity contribution in [3.8, 4) is 5.75 Å². The molecule has 1 aromatic heterocycles. The van der Waals surface area contributed by atoms with Crippen LogP contribution in [0, 0.1) is 0 Å². The third-order valence-corrected chi connectivity index (χ3v) is 6.55. The molecule has 5 rings (SSSR count). The number of benzene rings is 1. The van der Waals surface area contributed by atoms with Gasteiger partial charge in [0.1, 0.15) is 5.75 Å². The van der Waals surface area contributed by atoms with Gasteiger partial charge < -0.3 is 9.64 Å². The summed E-state index contributed by atoms with van der Waals surface area (Å²) in [6.45, 7) is 5.41. The predicted molar refractivity (Wildman–Crippen MR) is 109 cm³/mol. The monoisotopic (exact) mass is 426 g/mol. The van der Waals surface area contributed by atoms with Gasteiger partial charge in [-0.3, -0.25) is 4.98 Å². The molecule has 1 spiro atoms. The zero-order chi connectivity index (χ0) is 18.4. The van der Waals surface area contributed by atoms with Gasteiger partial charge in [-0.05, 0) is 36.9 Å². The van der Waals surface area contributed by atoms with Gasteiger partial charge in [0, 0.05) is 60.3 Å². The molecule has 0 amide bonds. The van der Waals surface area contributed by atoms with Crippen molar-refractivity contribution in [1.82, 2.24) is 14.9 Å². The lowest BCUT2D eigenvalue weighted by molar-refractivity contribution is -0.149. The molecule has 0 aliphatic carbocycles. The molecular formula is C21H23BrN4O. The molecule has 2 aromatic rings. The van der Waals surface area contributed by atoms with Gasteiger partial charge >= 0.3 is 0 Å². The lowest BCUT2D eigenvalue weighted by atomic mass is 9.91. The van der Waals surface area contributed by atoms with Crippen LogP contribution in [0.5, 0.6) is 5.75 Å². The molecule has 4 heterocycles. The Morgan fingerprint density at radius 2 is 1.96 bits per heavy atom. The summed E-state index contributed by atoms with van der Waals surface area (Å²) in [6, 6.07) is 10.7. The number of likely N-dealkylation sites (tertiary alicyclic amines) is 1. The Labute approximate surface area is 168 Å². The van der Waals surface area contributed by atoms with Crippen molar-refractivity contribution in [2.45, 2.75) is 38.0 Å². The van der Waals surface area contributed by atoms with Gasteiger partial charge in [-0.2, -0.15) is 5.10 Å². The number of hydrazone groups is 1. The van der Waals surface area contributed by atoms with Crippen molar-refractivity contribution in [2.24, 2.45) is 5.10 Å². The highest BCUT2D eigenvalue weighted by Crippen LogP contribution is 2.50. The largest absolute Gasteiger partial charge is 0.466 e. The van der Waals surface area contributed by atoms with E-state index >= 15 is 0 Å². The van der Waals surface area contributed by atoms with Crippen molar-refractivity contribution in [3.63, 3.8) is 0 Å². The SMILES string of the molecule is CCN1CCC2(CC1)Oc1ccc(Br)cc1[C@@H]1CC(c3ccncc3)=NN12. The zero-order valence-electron chi connectivity index (χ0n) is 15.4. The molecule has 140 valence electrons. The molecule has 1 saturated heterocycles. The third-order valence-electron chi connectivity index (χ3n) is 6.06. The summed E-state index contributed by atoms with van der Waals surface area (Å²) >= 11 is 3.63. The number of halogens is 1. The van der Waals surface area contributed by atoms with Crippen molar-refractivity contribution < 1.29 is 4.74 Å². The molecule has 0 bridgehead atoms. The molecule has 0 N–H and O–H groups in total. The van der Waals surface area contributed by atoms with E-state index < -0.39 is 0 Å². The fraction of sp³-hybridized carbons (Fsp3) is 0.429. The van der Waals surface area contributed by atoms with E-state index in [9.17, 15) is 0 Å². The fourth-order valence-electron chi connectivity index (χ4n) is 4.52. The van der Waals surface area contributed by atoms with E-state index in [1.807, 2.05) is 24.5 Å². The highest BCUT2D eigenvalue weighted by atomic mass is 79.9. The first-order valence-electron chi connectivity index (χ1n) is 9.66. The number of nitrogens with zero attached hydrogens (tertiary/aromatic N) is 4. The minimum atomic E-state index is -0.341. The topological polar surface area (TPSA) is 41.0 Å². The van der Waals surface area contributed by atoms with E-state index in [0.29, 0.717) is 0 Å². The Kier molecular flexibility index (Phi) is 4.20. The highest BCUT2D eigenvalue weighted by Gasteiger charge is 2.51. The van der Waals surface area contributed by atoms with Crippen LogP contribution in [0.3, 0.4) is 0 Å². The number of piperidine rings is 1. The molecule has 0 radical (unpaired) electrons. The fourth-order valence-corrected chi connectivity index (χ4v) is 4.90. The van der Waals surface area contributed by atoms with E-state index in [0.717, 1.165) is 60.4 Å². The molecule has 0 unspecified atom stereocenters. The minimum absolute atomic E-state index is 0.225. The molecule has 3 aliphatic rings. The van der Waals surface area contributed by atoms with E-state index in [4.69, 9.17) is 9.84 Å². The Morgan fingerprint density at radius 1 is 1.19 bits per heavy atom. The summed E-state index contributed by atoms with van der Waals surface area (Å²) in [5.41, 5.74) is 3.15. The number of rotatable bonds is 2. The van der Waals surface area contributed by atoms with Crippen molar-refractivity contribution in [1.29, 1.82) is 0 Å². The number of pyridine rings is 1. The number of aromatic nitrogens is 1. The predicted octanol–water partition coefficient (Wildman–Crippen LogP) is 4.20. The van der Waals surface area contributed by atoms with Crippen LogP contribution < -0.4 is 4.74 Å². The van der Waals surface area contributed by atoms with Crippen LogP contribution >= 0.6 is 15.9 Å². The molecule has 3 aliphatic heterocycles. The first-order chi connectivity index (χ1) is 13.2. The molecular weight excluding hydrogens is 404 g/mol.